The molecule has 0 bridgehead atoms. The highest BCUT2D eigenvalue weighted by Crippen LogP contribution is 2.06. The molecule has 1 aliphatic rings. The topological polar surface area (TPSA) is 17.1 Å². The van der Waals surface area contributed by atoms with Gasteiger partial charge in [-0.2, -0.15) is 0 Å². The first-order chi connectivity index (χ1) is 5.81. The summed E-state index contributed by atoms with van der Waals surface area (Å²) in [6.07, 6.45) is 4.60. The molecule has 0 radical (unpaired) electrons. The maximum absolute atomic E-state index is 10.5. The second-order valence-electron chi connectivity index (χ2n) is 2.83. The van der Waals surface area contributed by atoms with Crippen LogP contribution in [0.5, 0.6) is 0 Å². The molecule has 1 aromatic rings. The van der Waals surface area contributed by atoms with Crippen LogP contribution in [0.25, 0.3) is 18.7 Å². The summed E-state index contributed by atoms with van der Waals surface area (Å²) < 4.78 is 0. The number of hydrogen-bond donors (Lipinski definition) is 0. The van der Waals surface area contributed by atoms with Crippen molar-refractivity contribution >= 4 is 25.0 Å². The maximum Gasteiger partial charge on any atom is 0.150 e. The molecular weight excluding hydrogens is 148 g/mol. The Balaban J connectivity index is 2.79. The number of benzene rings is 1. The van der Waals surface area contributed by atoms with Gasteiger partial charge in [0.15, 0.2) is 0 Å². The van der Waals surface area contributed by atoms with Gasteiger partial charge in [-0.3, -0.25) is 4.79 Å². The molecule has 0 atom stereocenters. The Bertz CT molecular complexity index is 466. The first-order valence-electron chi connectivity index (χ1n) is 3.78. The lowest BCUT2D eigenvalue weighted by Gasteiger charge is -1.88. The predicted octanol–water partition coefficient (Wildman–Crippen LogP) is 0.473. The molecule has 1 aliphatic carbocycles. The van der Waals surface area contributed by atoms with Gasteiger partial charge in [0.2, 0.25) is 0 Å². The number of carbonyl (C=O) groups is 1. The summed E-state index contributed by atoms with van der Waals surface area (Å²) in [5.74, 6) is 0. The van der Waals surface area contributed by atoms with Crippen molar-refractivity contribution < 1.29 is 4.79 Å². The average molecular weight is 156 g/mol. The van der Waals surface area contributed by atoms with E-state index in [-0.39, 0.29) is 0 Å². The summed E-state index contributed by atoms with van der Waals surface area (Å²) in [6.45, 7) is 3.88. The highest BCUT2D eigenvalue weighted by atomic mass is 16.1. The summed E-state index contributed by atoms with van der Waals surface area (Å²) in [7, 11) is 0. The van der Waals surface area contributed by atoms with Crippen LogP contribution in [-0.2, 0) is 4.79 Å². The second kappa shape index (κ2) is 2.45. The summed E-state index contributed by atoms with van der Waals surface area (Å²) in [5.41, 5.74) is 1.81. The van der Waals surface area contributed by atoms with Crippen LogP contribution in [-0.4, -0.2) is 6.29 Å². The van der Waals surface area contributed by atoms with Gasteiger partial charge in [-0.25, -0.2) is 0 Å². The molecule has 0 heterocycles. The first-order valence-corrected chi connectivity index (χ1v) is 3.78. The average Bonchev–Trinajstić information content (AvgIpc) is 2.49. The Labute approximate surface area is 70.3 Å². The van der Waals surface area contributed by atoms with Crippen molar-refractivity contribution in [2.45, 2.75) is 0 Å². The van der Waals surface area contributed by atoms with E-state index in [2.05, 4.69) is 6.58 Å². The third-order valence-corrected chi connectivity index (χ3v) is 2.00. The Hall–Kier alpha value is -1.63. The van der Waals surface area contributed by atoms with E-state index in [1.165, 1.54) is 0 Å². The van der Waals surface area contributed by atoms with Crippen LogP contribution >= 0.6 is 0 Å². The highest BCUT2D eigenvalue weighted by Gasteiger charge is 2.02. The number of rotatable bonds is 1. The second-order valence-corrected chi connectivity index (χ2v) is 2.83. The molecular formula is C11H8O. The molecule has 0 N–H and O–H groups in total. The molecule has 2 rings (SSSR count). The van der Waals surface area contributed by atoms with Crippen LogP contribution in [0.1, 0.15) is 5.56 Å². The third-order valence-electron chi connectivity index (χ3n) is 2.00. The quantitative estimate of drug-likeness (QED) is 0.540. The largest absolute Gasteiger partial charge is 0.298 e. The minimum Gasteiger partial charge on any atom is -0.298 e. The van der Waals surface area contributed by atoms with Gasteiger partial charge in [0.25, 0.3) is 0 Å². The molecule has 1 heteroatoms. The van der Waals surface area contributed by atoms with Crippen LogP contribution in [0.3, 0.4) is 0 Å². The SMILES string of the molecule is C=c1cccc2c1=CC(C=O)=C2. The van der Waals surface area contributed by atoms with Gasteiger partial charge in [0.05, 0.1) is 0 Å². The van der Waals surface area contributed by atoms with Gasteiger partial charge in [0, 0.05) is 5.57 Å². The van der Waals surface area contributed by atoms with Crippen LogP contribution in [0.4, 0.5) is 0 Å². The lowest BCUT2D eigenvalue weighted by Crippen LogP contribution is -2.23. The van der Waals surface area contributed by atoms with Gasteiger partial charge >= 0.3 is 0 Å². The molecule has 0 saturated heterocycles. The maximum atomic E-state index is 10.5. The Morgan fingerprint density at radius 2 is 2.08 bits per heavy atom. The van der Waals surface area contributed by atoms with Gasteiger partial charge in [-0.05, 0) is 28.2 Å². The van der Waals surface area contributed by atoms with Crippen LogP contribution in [0.15, 0.2) is 23.8 Å². The van der Waals surface area contributed by atoms with E-state index >= 15 is 0 Å². The van der Waals surface area contributed by atoms with Gasteiger partial charge in [-0.1, -0.05) is 24.8 Å². The number of fused-ring (bicyclic) bond motifs is 1. The third kappa shape index (κ3) is 0.909. The van der Waals surface area contributed by atoms with Gasteiger partial charge in [-0.15, -0.1) is 0 Å². The molecule has 0 unspecified atom stereocenters. The Morgan fingerprint density at radius 1 is 1.25 bits per heavy atom. The number of allylic oxidation sites excluding steroid dienone is 1. The van der Waals surface area contributed by atoms with Crippen LogP contribution in [0, 0.1) is 0 Å². The van der Waals surface area contributed by atoms with Gasteiger partial charge < -0.3 is 0 Å². The number of hydrogen-bond acceptors (Lipinski definition) is 1. The molecule has 0 aliphatic heterocycles. The van der Waals surface area contributed by atoms with Crippen LogP contribution < -0.4 is 10.4 Å². The normalized spacial score (nSPS) is 13.2. The summed E-state index contributed by atoms with van der Waals surface area (Å²) in [6, 6.07) is 5.87. The zero-order valence-electron chi connectivity index (χ0n) is 6.58. The molecule has 58 valence electrons. The minimum atomic E-state index is 0.723. The van der Waals surface area contributed by atoms with Crippen molar-refractivity contribution in [1.29, 1.82) is 0 Å². The van der Waals surface area contributed by atoms with Crippen molar-refractivity contribution in [2.75, 3.05) is 0 Å². The van der Waals surface area contributed by atoms with E-state index in [0.29, 0.717) is 0 Å². The standard InChI is InChI=1S/C11H8O/c1-8-3-2-4-10-5-9(7-12)6-11(8)10/h2-7H,1H2. The molecule has 0 fully saturated rings. The number of aldehydes is 1. The zero-order chi connectivity index (χ0) is 8.55. The monoisotopic (exact) mass is 156 g/mol. The molecule has 0 saturated carbocycles. The fourth-order valence-corrected chi connectivity index (χ4v) is 1.39. The lowest BCUT2D eigenvalue weighted by molar-refractivity contribution is -0.104. The fraction of sp³-hybridized carbons (Fsp3) is 0. The van der Waals surface area contributed by atoms with Crippen molar-refractivity contribution in [3.8, 4) is 0 Å². The van der Waals surface area contributed by atoms with Crippen LogP contribution in [0.2, 0.25) is 0 Å². The molecule has 1 aromatic carbocycles. The van der Waals surface area contributed by atoms with E-state index in [9.17, 15) is 4.79 Å². The van der Waals surface area contributed by atoms with E-state index in [1.54, 1.807) is 0 Å². The molecule has 12 heavy (non-hydrogen) atoms. The smallest absolute Gasteiger partial charge is 0.150 e. The van der Waals surface area contributed by atoms with E-state index in [0.717, 1.165) is 27.9 Å². The van der Waals surface area contributed by atoms with Crippen molar-refractivity contribution in [3.05, 3.63) is 39.8 Å². The zero-order valence-corrected chi connectivity index (χ0v) is 6.58. The highest BCUT2D eigenvalue weighted by molar-refractivity contribution is 5.96. The van der Waals surface area contributed by atoms with Crippen molar-refractivity contribution in [2.24, 2.45) is 0 Å². The molecule has 0 amide bonds. The summed E-state index contributed by atoms with van der Waals surface area (Å²) in [5, 5.41) is 2.04. The van der Waals surface area contributed by atoms with Gasteiger partial charge in [0.1, 0.15) is 6.29 Å². The summed E-state index contributed by atoms with van der Waals surface area (Å²) in [4.78, 5) is 10.5. The van der Waals surface area contributed by atoms with Crippen molar-refractivity contribution in [3.63, 3.8) is 0 Å². The summed E-state index contributed by atoms with van der Waals surface area (Å²) >= 11 is 0. The number of carbonyl (C=O) groups excluding carboxylic acids is 1. The van der Waals surface area contributed by atoms with E-state index < -0.39 is 0 Å². The Morgan fingerprint density at radius 3 is 2.75 bits per heavy atom. The predicted molar refractivity (Wildman–Crippen MR) is 49.7 cm³/mol. The molecule has 1 nitrogen and oxygen atoms in total. The fourth-order valence-electron chi connectivity index (χ4n) is 1.39. The molecule has 0 spiro atoms. The van der Waals surface area contributed by atoms with E-state index in [1.807, 2.05) is 30.4 Å². The Kier molecular flexibility index (Phi) is 1.44. The minimum absolute atomic E-state index is 0.723. The first kappa shape index (κ1) is 7.04. The lowest BCUT2D eigenvalue weighted by atomic mass is 10.2. The molecule has 0 aromatic heterocycles. The van der Waals surface area contributed by atoms with Crippen molar-refractivity contribution in [1.82, 2.24) is 0 Å². The van der Waals surface area contributed by atoms with E-state index in [4.69, 9.17) is 0 Å².